The third kappa shape index (κ3) is 2.52. The van der Waals surface area contributed by atoms with Crippen LogP contribution in [0.1, 0.15) is 24.8 Å². The number of hydrogen-bond acceptors (Lipinski definition) is 5. The van der Waals surface area contributed by atoms with Crippen LogP contribution in [0.2, 0.25) is 0 Å². The number of piperidine rings is 1. The molecule has 1 spiro atoms. The molecule has 5 heteroatoms. The van der Waals surface area contributed by atoms with Crippen LogP contribution >= 0.6 is 0 Å². The van der Waals surface area contributed by atoms with E-state index in [1.807, 2.05) is 6.07 Å². The van der Waals surface area contributed by atoms with E-state index >= 15 is 0 Å². The van der Waals surface area contributed by atoms with E-state index in [0.29, 0.717) is 13.2 Å². The summed E-state index contributed by atoms with van der Waals surface area (Å²) in [5, 5.41) is 0. The Morgan fingerprint density at radius 2 is 1.73 bits per heavy atom. The highest BCUT2D eigenvalue weighted by Crippen LogP contribution is 2.44. The summed E-state index contributed by atoms with van der Waals surface area (Å²) in [6, 6.07) is 4.12. The van der Waals surface area contributed by atoms with Crippen molar-refractivity contribution in [2.45, 2.75) is 31.3 Å². The maximum Gasteiger partial charge on any atom is 0.165 e. The van der Waals surface area contributed by atoms with Crippen molar-refractivity contribution in [2.24, 2.45) is 5.73 Å². The van der Waals surface area contributed by atoms with Gasteiger partial charge in [-0.25, -0.2) is 0 Å². The molecule has 22 heavy (non-hydrogen) atoms. The number of nitrogens with zero attached hydrogens (tertiary/aromatic N) is 1. The van der Waals surface area contributed by atoms with Crippen LogP contribution in [-0.4, -0.2) is 49.9 Å². The van der Waals surface area contributed by atoms with Gasteiger partial charge in [0.15, 0.2) is 11.5 Å². The third-order valence-electron chi connectivity index (χ3n) is 5.11. The highest BCUT2D eigenvalue weighted by atomic mass is 16.6. The summed E-state index contributed by atoms with van der Waals surface area (Å²) in [5.74, 6) is 2.67. The van der Waals surface area contributed by atoms with Crippen molar-refractivity contribution in [2.75, 3.05) is 39.4 Å². The van der Waals surface area contributed by atoms with Gasteiger partial charge in [-0.15, -0.1) is 0 Å². The van der Waals surface area contributed by atoms with Gasteiger partial charge in [0.2, 0.25) is 0 Å². The van der Waals surface area contributed by atoms with Crippen LogP contribution in [0.5, 0.6) is 17.2 Å². The molecule has 4 rings (SSSR count). The van der Waals surface area contributed by atoms with Crippen LogP contribution in [0.25, 0.3) is 0 Å². The fraction of sp³-hybridized carbons (Fsp3) is 0.647. The van der Waals surface area contributed by atoms with E-state index in [2.05, 4.69) is 11.0 Å². The molecule has 0 saturated carbocycles. The minimum atomic E-state index is 0.00184. The summed E-state index contributed by atoms with van der Waals surface area (Å²) in [5.41, 5.74) is 6.91. The van der Waals surface area contributed by atoms with Gasteiger partial charge >= 0.3 is 0 Å². The Bertz CT molecular complexity index is 553. The molecule has 3 aliphatic rings. The zero-order chi connectivity index (χ0) is 15.0. The smallest absolute Gasteiger partial charge is 0.165 e. The van der Waals surface area contributed by atoms with Crippen molar-refractivity contribution >= 4 is 0 Å². The lowest BCUT2D eigenvalue weighted by Crippen LogP contribution is -2.50. The van der Waals surface area contributed by atoms with Gasteiger partial charge in [-0.1, -0.05) is 0 Å². The summed E-state index contributed by atoms with van der Waals surface area (Å²) in [7, 11) is 0. The molecule has 0 radical (unpaired) electrons. The number of nitrogens with two attached hydrogens (primary N) is 1. The highest BCUT2D eigenvalue weighted by Gasteiger charge is 2.39. The second-order valence-corrected chi connectivity index (χ2v) is 6.52. The van der Waals surface area contributed by atoms with Crippen molar-refractivity contribution in [3.63, 3.8) is 0 Å². The van der Waals surface area contributed by atoms with Gasteiger partial charge in [0, 0.05) is 32.2 Å². The molecule has 5 nitrogen and oxygen atoms in total. The second-order valence-electron chi connectivity index (χ2n) is 6.52. The lowest BCUT2D eigenvalue weighted by molar-refractivity contribution is -0.0141. The molecule has 0 bridgehead atoms. The number of aryl methyl sites for hydroxylation is 1. The lowest BCUT2D eigenvalue weighted by atomic mass is 9.83. The fourth-order valence-corrected chi connectivity index (χ4v) is 3.77. The maximum absolute atomic E-state index is 6.46. The molecular weight excluding hydrogens is 280 g/mol. The molecule has 0 amide bonds. The molecule has 1 aromatic rings. The van der Waals surface area contributed by atoms with Gasteiger partial charge in [-0.3, -0.25) is 0 Å². The van der Waals surface area contributed by atoms with E-state index in [4.69, 9.17) is 19.9 Å². The van der Waals surface area contributed by atoms with Crippen LogP contribution in [0.3, 0.4) is 0 Å². The predicted octanol–water partition coefficient (Wildman–Crippen LogP) is 1.58. The normalized spacial score (nSPS) is 23.0. The molecule has 1 saturated heterocycles. The fourth-order valence-electron chi connectivity index (χ4n) is 3.77. The molecule has 1 fully saturated rings. The first-order valence-electron chi connectivity index (χ1n) is 8.32. The molecule has 1 aromatic carbocycles. The van der Waals surface area contributed by atoms with Crippen LogP contribution in [0.15, 0.2) is 12.1 Å². The first-order chi connectivity index (χ1) is 10.8. The maximum atomic E-state index is 6.46. The van der Waals surface area contributed by atoms with Crippen molar-refractivity contribution < 1.29 is 14.2 Å². The first kappa shape index (κ1) is 14.2. The number of rotatable bonds is 2. The summed E-state index contributed by atoms with van der Waals surface area (Å²) in [4.78, 5) is 2.44. The standard InChI is InChI=1S/C17H24N2O3/c18-5-8-19-6-3-17(4-7-19)2-1-13-11-15-16(12-14(13)22-17)21-10-9-20-15/h11-12H,1-10,18H2. The van der Waals surface area contributed by atoms with Gasteiger partial charge in [-0.2, -0.15) is 0 Å². The average molecular weight is 304 g/mol. The Balaban J connectivity index is 1.52. The quantitative estimate of drug-likeness (QED) is 0.899. The molecule has 3 aliphatic heterocycles. The van der Waals surface area contributed by atoms with E-state index in [-0.39, 0.29) is 5.60 Å². The van der Waals surface area contributed by atoms with Crippen molar-refractivity contribution in [1.82, 2.24) is 4.90 Å². The largest absolute Gasteiger partial charge is 0.487 e. The molecule has 0 aromatic heterocycles. The first-order valence-corrected chi connectivity index (χ1v) is 8.32. The van der Waals surface area contributed by atoms with Crippen LogP contribution < -0.4 is 19.9 Å². The second kappa shape index (κ2) is 5.63. The lowest BCUT2D eigenvalue weighted by Gasteiger charge is -2.44. The molecular formula is C17H24N2O3. The molecule has 2 N–H and O–H groups in total. The van der Waals surface area contributed by atoms with E-state index in [1.165, 1.54) is 5.56 Å². The van der Waals surface area contributed by atoms with Crippen molar-refractivity contribution in [1.29, 1.82) is 0 Å². The van der Waals surface area contributed by atoms with Gasteiger partial charge in [0.1, 0.15) is 24.6 Å². The van der Waals surface area contributed by atoms with E-state index in [1.54, 1.807) is 0 Å². The number of fused-ring (bicyclic) bond motifs is 2. The van der Waals surface area contributed by atoms with E-state index < -0.39 is 0 Å². The zero-order valence-electron chi connectivity index (χ0n) is 13.0. The SMILES string of the molecule is NCCN1CCC2(CCc3cc4c(cc3O2)OCCO4)CC1. The highest BCUT2D eigenvalue weighted by molar-refractivity contribution is 5.52. The van der Waals surface area contributed by atoms with Crippen LogP contribution in [0.4, 0.5) is 0 Å². The van der Waals surface area contributed by atoms with Gasteiger partial charge in [-0.05, 0) is 37.3 Å². The van der Waals surface area contributed by atoms with Crippen LogP contribution in [0, 0.1) is 0 Å². The molecule has 0 aliphatic carbocycles. The topological polar surface area (TPSA) is 57.0 Å². The van der Waals surface area contributed by atoms with Crippen molar-refractivity contribution in [3.05, 3.63) is 17.7 Å². The van der Waals surface area contributed by atoms with E-state index in [0.717, 1.165) is 69.1 Å². The molecule has 120 valence electrons. The molecule has 3 heterocycles. The Labute approximate surface area is 131 Å². The van der Waals surface area contributed by atoms with Gasteiger partial charge < -0.3 is 24.8 Å². The zero-order valence-corrected chi connectivity index (χ0v) is 13.0. The monoisotopic (exact) mass is 304 g/mol. The Morgan fingerprint density at radius 3 is 2.45 bits per heavy atom. The van der Waals surface area contributed by atoms with E-state index in [9.17, 15) is 0 Å². The third-order valence-corrected chi connectivity index (χ3v) is 5.11. The summed E-state index contributed by atoms with van der Waals surface area (Å²) < 4.78 is 17.8. The summed E-state index contributed by atoms with van der Waals surface area (Å²) >= 11 is 0. The van der Waals surface area contributed by atoms with Gasteiger partial charge in [0.25, 0.3) is 0 Å². The summed E-state index contributed by atoms with van der Waals surface area (Å²) in [6.07, 6.45) is 4.32. The summed E-state index contributed by atoms with van der Waals surface area (Å²) in [6.45, 7) is 5.14. The molecule has 0 atom stereocenters. The molecule has 0 unspecified atom stereocenters. The number of likely N-dealkylation sites (tertiary alicyclic amines) is 1. The Kier molecular flexibility index (Phi) is 3.62. The minimum Gasteiger partial charge on any atom is -0.487 e. The van der Waals surface area contributed by atoms with Crippen molar-refractivity contribution in [3.8, 4) is 17.2 Å². The van der Waals surface area contributed by atoms with Gasteiger partial charge in [0.05, 0.1) is 0 Å². The number of ether oxygens (including phenoxy) is 3. The van der Waals surface area contributed by atoms with Crippen LogP contribution in [-0.2, 0) is 6.42 Å². The number of hydrogen-bond donors (Lipinski definition) is 1. The minimum absolute atomic E-state index is 0.00184. The Hall–Kier alpha value is -1.46. The average Bonchev–Trinajstić information content (AvgIpc) is 2.56. The predicted molar refractivity (Wildman–Crippen MR) is 83.8 cm³/mol. The Morgan fingerprint density at radius 1 is 1.00 bits per heavy atom. The number of benzene rings is 1.